The van der Waals surface area contributed by atoms with Gasteiger partial charge >= 0.3 is 0 Å². The molecule has 0 saturated heterocycles. The van der Waals surface area contributed by atoms with E-state index in [-0.39, 0.29) is 0 Å². The summed E-state index contributed by atoms with van der Waals surface area (Å²) in [5.41, 5.74) is 16.6. The van der Waals surface area contributed by atoms with Gasteiger partial charge in [-0.15, -0.1) is 0 Å². The number of benzene rings is 7. The standard InChI is InChI=1S/C49H41N/c1-36-14-24-43(25-15-36)48(41-10-6-4-7-11-41)34-39-20-30-46(31-21-39)50(45-28-18-38(3)19-29-45)47-32-22-40(23-33-47)35-49(42-12-8-5-9-13-42)44-26-16-37(2)17-27-44/h4-35H,1-3H3. The summed E-state index contributed by atoms with van der Waals surface area (Å²) in [5.74, 6) is 0. The van der Waals surface area contributed by atoms with Gasteiger partial charge in [-0.3, -0.25) is 0 Å². The Bertz CT molecular complexity index is 2060. The van der Waals surface area contributed by atoms with Gasteiger partial charge < -0.3 is 4.90 Å². The van der Waals surface area contributed by atoms with E-state index in [1.807, 2.05) is 0 Å². The van der Waals surface area contributed by atoms with Crippen LogP contribution in [0.15, 0.2) is 182 Å². The summed E-state index contributed by atoms with van der Waals surface area (Å²) < 4.78 is 0. The van der Waals surface area contributed by atoms with Crippen LogP contribution >= 0.6 is 0 Å². The van der Waals surface area contributed by atoms with E-state index in [1.54, 1.807) is 0 Å². The van der Waals surface area contributed by atoms with Gasteiger partial charge in [-0.1, -0.05) is 162 Å². The van der Waals surface area contributed by atoms with Gasteiger partial charge in [0.15, 0.2) is 0 Å². The van der Waals surface area contributed by atoms with E-state index in [2.05, 4.69) is 220 Å². The number of hydrogen-bond donors (Lipinski definition) is 0. The molecule has 0 aliphatic carbocycles. The molecule has 0 spiro atoms. The zero-order valence-electron chi connectivity index (χ0n) is 28.9. The van der Waals surface area contributed by atoms with Crippen LogP contribution in [-0.2, 0) is 0 Å². The maximum atomic E-state index is 2.33. The first-order valence-electron chi connectivity index (χ1n) is 17.3. The SMILES string of the molecule is Cc1ccc(C(=Cc2ccc(N(c3ccc(C)cc3)c3ccc(C=C(c4ccccc4)c4ccc(C)cc4)cc3)cc2)c2ccccc2)cc1. The molecule has 0 atom stereocenters. The second-order valence-corrected chi connectivity index (χ2v) is 12.9. The lowest BCUT2D eigenvalue weighted by Crippen LogP contribution is -2.09. The zero-order chi connectivity index (χ0) is 34.3. The highest BCUT2D eigenvalue weighted by Crippen LogP contribution is 2.36. The fourth-order valence-corrected chi connectivity index (χ4v) is 6.28. The maximum Gasteiger partial charge on any atom is 0.0462 e. The van der Waals surface area contributed by atoms with Crippen molar-refractivity contribution in [3.63, 3.8) is 0 Å². The quantitative estimate of drug-likeness (QED) is 0.142. The maximum absolute atomic E-state index is 2.33. The first-order chi connectivity index (χ1) is 24.5. The lowest BCUT2D eigenvalue weighted by atomic mass is 9.95. The monoisotopic (exact) mass is 643 g/mol. The molecular formula is C49H41N. The summed E-state index contributed by atoms with van der Waals surface area (Å²) in [6.07, 6.45) is 4.58. The van der Waals surface area contributed by atoms with Gasteiger partial charge in [-0.25, -0.2) is 0 Å². The molecule has 7 aromatic rings. The fourth-order valence-electron chi connectivity index (χ4n) is 6.28. The predicted octanol–water partition coefficient (Wildman–Crippen LogP) is 13.3. The minimum absolute atomic E-state index is 1.11. The Balaban J connectivity index is 1.25. The first-order valence-corrected chi connectivity index (χ1v) is 17.3. The van der Waals surface area contributed by atoms with Crippen LogP contribution in [0, 0.1) is 20.8 Å². The molecule has 0 saturated carbocycles. The molecular weight excluding hydrogens is 603 g/mol. The molecule has 0 aliphatic heterocycles. The van der Waals surface area contributed by atoms with Crippen LogP contribution in [0.25, 0.3) is 23.3 Å². The third-order valence-corrected chi connectivity index (χ3v) is 9.11. The molecule has 0 fully saturated rings. The van der Waals surface area contributed by atoms with E-state index < -0.39 is 0 Å². The smallest absolute Gasteiger partial charge is 0.0462 e. The van der Waals surface area contributed by atoms with Crippen LogP contribution < -0.4 is 4.90 Å². The van der Waals surface area contributed by atoms with Crippen molar-refractivity contribution in [2.45, 2.75) is 20.8 Å². The minimum atomic E-state index is 1.11. The Morgan fingerprint density at radius 3 is 0.940 bits per heavy atom. The van der Waals surface area contributed by atoms with E-state index in [1.165, 1.54) is 50.1 Å². The Labute approximate surface area is 297 Å². The van der Waals surface area contributed by atoms with Crippen LogP contribution in [0.1, 0.15) is 50.1 Å². The van der Waals surface area contributed by atoms with Crippen molar-refractivity contribution in [1.29, 1.82) is 0 Å². The average molecular weight is 644 g/mol. The van der Waals surface area contributed by atoms with Crippen molar-refractivity contribution in [3.05, 3.63) is 232 Å². The van der Waals surface area contributed by atoms with Crippen molar-refractivity contribution in [2.75, 3.05) is 4.90 Å². The highest BCUT2D eigenvalue weighted by Gasteiger charge is 2.14. The summed E-state index contributed by atoms with van der Waals surface area (Å²) >= 11 is 0. The van der Waals surface area contributed by atoms with Gasteiger partial charge in [0.2, 0.25) is 0 Å². The van der Waals surface area contributed by atoms with Crippen molar-refractivity contribution in [2.24, 2.45) is 0 Å². The highest BCUT2D eigenvalue weighted by molar-refractivity contribution is 5.93. The summed E-state index contributed by atoms with van der Waals surface area (Å²) in [5, 5.41) is 0. The second-order valence-electron chi connectivity index (χ2n) is 12.9. The van der Waals surface area contributed by atoms with Crippen LogP contribution in [0.4, 0.5) is 17.1 Å². The Morgan fingerprint density at radius 2 is 0.600 bits per heavy atom. The van der Waals surface area contributed by atoms with E-state index in [0.29, 0.717) is 0 Å². The Hall–Kier alpha value is -6.18. The normalized spacial score (nSPS) is 11.7. The van der Waals surface area contributed by atoms with Crippen LogP contribution in [-0.4, -0.2) is 0 Å². The van der Waals surface area contributed by atoms with Crippen LogP contribution in [0.2, 0.25) is 0 Å². The Kier molecular flexibility index (Phi) is 9.67. The molecule has 0 amide bonds. The Morgan fingerprint density at radius 1 is 0.320 bits per heavy atom. The molecule has 1 nitrogen and oxygen atoms in total. The van der Waals surface area contributed by atoms with Gasteiger partial charge in [0, 0.05) is 17.1 Å². The van der Waals surface area contributed by atoms with E-state index in [4.69, 9.17) is 0 Å². The van der Waals surface area contributed by atoms with Crippen LogP contribution in [0.5, 0.6) is 0 Å². The molecule has 0 unspecified atom stereocenters. The van der Waals surface area contributed by atoms with E-state index >= 15 is 0 Å². The van der Waals surface area contributed by atoms with Gasteiger partial charge in [-0.2, -0.15) is 0 Å². The predicted molar refractivity (Wildman–Crippen MR) is 215 cm³/mol. The lowest BCUT2D eigenvalue weighted by Gasteiger charge is -2.26. The van der Waals surface area contributed by atoms with Crippen molar-refractivity contribution in [3.8, 4) is 0 Å². The molecule has 7 rings (SSSR count). The molecule has 242 valence electrons. The van der Waals surface area contributed by atoms with Crippen molar-refractivity contribution < 1.29 is 0 Å². The minimum Gasteiger partial charge on any atom is -0.311 e. The number of hydrogen-bond acceptors (Lipinski definition) is 1. The molecule has 0 aliphatic rings. The zero-order valence-corrected chi connectivity index (χ0v) is 28.9. The molecule has 1 heteroatoms. The molecule has 0 heterocycles. The van der Waals surface area contributed by atoms with E-state index in [9.17, 15) is 0 Å². The average Bonchev–Trinajstić information content (AvgIpc) is 3.16. The molecule has 0 bridgehead atoms. The number of nitrogens with zero attached hydrogens (tertiary/aromatic N) is 1. The molecule has 50 heavy (non-hydrogen) atoms. The van der Waals surface area contributed by atoms with Gasteiger partial charge in [-0.05, 0) is 114 Å². The molecule has 0 N–H and O–H groups in total. The molecule has 0 aromatic heterocycles. The summed E-state index contributed by atoms with van der Waals surface area (Å²) in [6.45, 7) is 6.39. The third-order valence-electron chi connectivity index (χ3n) is 9.11. The lowest BCUT2D eigenvalue weighted by molar-refractivity contribution is 1.27. The summed E-state index contributed by atoms with van der Waals surface area (Å²) in [6, 6.07) is 65.4. The van der Waals surface area contributed by atoms with Gasteiger partial charge in [0.1, 0.15) is 0 Å². The van der Waals surface area contributed by atoms with Crippen LogP contribution in [0.3, 0.4) is 0 Å². The summed E-state index contributed by atoms with van der Waals surface area (Å²) in [7, 11) is 0. The number of aryl methyl sites for hydroxylation is 3. The topological polar surface area (TPSA) is 3.24 Å². The first kappa shape index (κ1) is 32.4. The number of anilines is 3. The van der Waals surface area contributed by atoms with Gasteiger partial charge in [0.25, 0.3) is 0 Å². The van der Waals surface area contributed by atoms with Gasteiger partial charge in [0.05, 0.1) is 0 Å². The molecule has 0 radical (unpaired) electrons. The second kappa shape index (κ2) is 14.9. The van der Waals surface area contributed by atoms with Crippen molar-refractivity contribution in [1.82, 2.24) is 0 Å². The highest BCUT2D eigenvalue weighted by atomic mass is 15.1. The largest absolute Gasteiger partial charge is 0.311 e. The molecule has 7 aromatic carbocycles. The fraction of sp³-hybridized carbons (Fsp3) is 0.0612. The van der Waals surface area contributed by atoms with E-state index in [0.717, 1.165) is 28.2 Å². The third kappa shape index (κ3) is 7.59. The summed E-state index contributed by atoms with van der Waals surface area (Å²) in [4.78, 5) is 2.33. The number of rotatable bonds is 9. The van der Waals surface area contributed by atoms with Crippen molar-refractivity contribution >= 4 is 40.4 Å².